The lowest BCUT2D eigenvalue weighted by molar-refractivity contribution is 0.0962. The summed E-state index contributed by atoms with van der Waals surface area (Å²) < 4.78 is 0. The molecule has 4 rings (SSSR count). The number of ketones is 1. The Morgan fingerprint density at radius 1 is 1.07 bits per heavy atom. The van der Waals surface area contributed by atoms with E-state index in [0.717, 1.165) is 5.56 Å². The van der Waals surface area contributed by atoms with E-state index in [1.54, 1.807) is 24.3 Å². The minimum absolute atomic E-state index is 0.0258. The molecule has 1 atom stereocenters. The maximum atomic E-state index is 12.5. The van der Waals surface area contributed by atoms with Crippen LogP contribution in [0.15, 0.2) is 60.8 Å². The predicted octanol–water partition coefficient (Wildman–Crippen LogP) is 4.30. The molecule has 0 unspecified atom stereocenters. The fourth-order valence-corrected chi connectivity index (χ4v) is 3.46. The summed E-state index contributed by atoms with van der Waals surface area (Å²) in [5.74, 6) is -0.0603. The van der Waals surface area contributed by atoms with E-state index >= 15 is 0 Å². The lowest BCUT2D eigenvalue weighted by atomic mass is 9.82. The van der Waals surface area contributed by atoms with Gasteiger partial charge in [-0.2, -0.15) is 0 Å². The van der Waals surface area contributed by atoms with Crippen molar-refractivity contribution >= 4 is 29.2 Å². The van der Waals surface area contributed by atoms with Crippen LogP contribution in [0.5, 0.6) is 0 Å². The van der Waals surface area contributed by atoms with Gasteiger partial charge in [0.25, 0.3) is 5.91 Å². The SMILES string of the molecule is O=C(Nc1ncc2c(n1)C[C@H](c1ccccc1)CC2=O)c1cccc(Cl)c1. The Labute approximate surface area is 161 Å². The number of hydrogen-bond acceptors (Lipinski definition) is 4. The van der Waals surface area contributed by atoms with E-state index in [1.807, 2.05) is 30.3 Å². The van der Waals surface area contributed by atoms with Gasteiger partial charge in [-0.05, 0) is 36.1 Å². The van der Waals surface area contributed by atoms with E-state index < -0.39 is 0 Å². The Bertz CT molecular complexity index is 1020. The van der Waals surface area contributed by atoms with Crippen molar-refractivity contribution in [3.8, 4) is 0 Å². The molecule has 1 amide bonds. The Morgan fingerprint density at radius 2 is 1.89 bits per heavy atom. The number of carbonyl (C=O) groups excluding carboxylic acids is 2. The maximum Gasteiger partial charge on any atom is 0.258 e. The van der Waals surface area contributed by atoms with Crippen LogP contribution in [-0.4, -0.2) is 21.7 Å². The molecule has 3 aromatic rings. The average molecular weight is 378 g/mol. The Balaban J connectivity index is 1.58. The number of halogens is 1. The molecule has 134 valence electrons. The number of benzene rings is 2. The zero-order valence-electron chi connectivity index (χ0n) is 14.4. The van der Waals surface area contributed by atoms with Gasteiger partial charge >= 0.3 is 0 Å². The summed E-state index contributed by atoms with van der Waals surface area (Å²) in [6, 6.07) is 16.6. The summed E-state index contributed by atoms with van der Waals surface area (Å²) in [4.78, 5) is 33.4. The normalized spacial score (nSPS) is 15.9. The highest BCUT2D eigenvalue weighted by molar-refractivity contribution is 6.31. The van der Waals surface area contributed by atoms with Gasteiger partial charge in [0.2, 0.25) is 5.95 Å². The van der Waals surface area contributed by atoms with E-state index in [9.17, 15) is 9.59 Å². The molecule has 0 saturated heterocycles. The highest BCUT2D eigenvalue weighted by Crippen LogP contribution is 2.31. The molecule has 1 heterocycles. The maximum absolute atomic E-state index is 12.5. The van der Waals surface area contributed by atoms with Gasteiger partial charge in [0.05, 0.1) is 11.3 Å². The van der Waals surface area contributed by atoms with Crippen LogP contribution in [-0.2, 0) is 6.42 Å². The van der Waals surface area contributed by atoms with Crippen molar-refractivity contribution in [2.45, 2.75) is 18.8 Å². The average Bonchev–Trinajstić information content (AvgIpc) is 2.68. The van der Waals surface area contributed by atoms with Gasteiger partial charge in [0.1, 0.15) is 0 Å². The van der Waals surface area contributed by atoms with Crippen molar-refractivity contribution < 1.29 is 9.59 Å². The Hall–Kier alpha value is -3.05. The number of fused-ring (bicyclic) bond motifs is 1. The number of rotatable bonds is 3. The number of aromatic nitrogens is 2. The second-order valence-corrected chi connectivity index (χ2v) is 6.89. The molecule has 0 fully saturated rings. The van der Waals surface area contributed by atoms with Gasteiger partial charge in [0.15, 0.2) is 5.78 Å². The van der Waals surface area contributed by atoms with E-state index in [1.165, 1.54) is 6.20 Å². The molecular weight excluding hydrogens is 362 g/mol. The number of nitrogens with one attached hydrogen (secondary N) is 1. The summed E-state index contributed by atoms with van der Waals surface area (Å²) >= 11 is 5.93. The number of amides is 1. The first kappa shape index (κ1) is 17.4. The smallest absolute Gasteiger partial charge is 0.258 e. The van der Waals surface area contributed by atoms with Crippen LogP contribution in [0.4, 0.5) is 5.95 Å². The van der Waals surface area contributed by atoms with Crippen molar-refractivity contribution in [2.75, 3.05) is 5.32 Å². The minimum Gasteiger partial charge on any atom is -0.294 e. The third kappa shape index (κ3) is 3.73. The van der Waals surface area contributed by atoms with Gasteiger partial charge in [-0.3, -0.25) is 14.9 Å². The van der Waals surface area contributed by atoms with E-state index in [0.29, 0.717) is 34.7 Å². The van der Waals surface area contributed by atoms with E-state index in [-0.39, 0.29) is 23.6 Å². The summed E-state index contributed by atoms with van der Waals surface area (Å²) in [5, 5.41) is 3.15. The third-order valence-corrected chi connectivity index (χ3v) is 4.86. The molecule has 0 spiro atoms. The number of carbonyl (C=O) groups is 2. The molecule has 0 radical (unpaired) electrons. The predicted molar refractivity (Wildman–Crippen MR) is 103 cm³/mol. The van der Waals surface area contributed by atoms with Crippen LogP contribution in [0.3, 0.4) is 0 Å². The molecule has 1 aromatic heterocycles. The highest BCUT2D eigenvalue weighted by Gasteiger charge is 2.28. The standard InChI is InChI=1S/C21H16ClN3O2/c22-16-8-4-7-14(9-16)20(27)25-21-23-12-17-18(24-21)10-15(11-19(17)26)13-5-2-1-3-6-13/h1-9,12,15H,10-11H2,(H,23,24,25,27)/t15-/m0/s1. The summed E-state index contributed by atoms with van der Waals surface area (Å²) in [6.45, 7) is 0. The van der Waals surface area contributed by atoms with Gasteiger partial charge in [-0.1, -0.05) is 48.0 Å². The zero-order valence-corrected chi connectivity index (χ0v) is 15.1. The van der Waals surface area contributed by atoms with Crippen LogP contribution < -0.4 is 5.32 Å². The van der Waals surface area contributed by atoms with Crippen LogP contribution in [0.25, 0.3) is 0 Å². The quantitative estimate of drug-likeness (QED) is 0.738. The number of nitrogens with zero attached hydrogens (tertiary/aromatic N) is 2. The third-order valence-electron chi connectivity index (χ3n) is 4.62. The molecular formula is C21H16ClN3O2. The van der Waals surface area contributed by atoms with E-state index in [2.05, 4.69) is 15.3 Å². The Morgan fingerprint density at radius 3 is 2.67 bits per heavy atom. The van der Waals surface area contributed by atoms with Crippen LogP contribution >= 0.6 is 11.6 Å². The van der Waals surface area contributed by atoms with Gasteiger partial charge in [-0.25, -0.2) is 9.97 Å². The van der Waals surface area contributed by atoms with Crippen LogP contribution in [0.2, 0.25) is 5.02 Å². The second-order valence-electron chi connectivity index (χ2n) is 6.46. The first-order valence-corrected chi connectivity index (χ1v) is 8.99. The molecule has 5 nitrogen and oxygen atoms in total. The lowest BCUT2D eigenvalue weighted by Crippen LogP contribution is -2.22. The summed E-state index contributed by atoms with van der Waals surface area (Å²) in [7, 11) is 0. The highest BCUT2D eigenvalue weighted by atomic mass is 35.5. The first-order valence-electron chi connectivity index (χ1n) is 8.61. The van der Waals surface area contributed by atoms with Crippen LogP contribution in [0.1, 0.15) is 44.3 Å². The molecule has 6 heteroatoms. The van der Waals surface area contributed by atoms with Gasteiger partial charge < -0.3 is 0 Å². The fourth-order valence-electron chi connectivity index (χ4n) is 3.27. The van der Waals surface area contributed by atoms with E-state index in [4.69, 9.17) is 11.6 Å². The Kier molecular flexibility index (Phi) is 4.69. The van der Waals surface area contributed by atoms with Gasteiger partial charge in [-0.15, -0.1) is 0 Å². The zero-order chi connectivity index (χ0) is 18.8. The molecule has 1 aliphatic rings. The van der Waals surface area contributed by atoms with Crippen molar-refractivity contribution in [3.63, 3.8) is 0 Å². The summed E-state index contributed by atoms with van der Waals surface area (Å²) in [6.07, 6.45) is 2.57. The number of hydrogen-bond donors (Lipinski definition) is 1. The molecule has 0 bridgehead atoms. The molecule has 1 N–H and O–H groups in total. The first-order chi connectivity index (χ1) is 13.1. The lowest BCUT2D eigenvalue weighted by Gasteiger charge is -2.23. The topological polar surface area (TPSA) is 72.0 Å². The number of anilines is 1. The molecule has 27 heavy (non-hydrogen) atoms. The number of Topliss-reactive ketones (excluding diaryl/α,β-unsaturated/α-hetero) is 1. The van der Waals surface area contributed by atoms with Crippen LogP contribution in [0, 0.1) is 0 Å². The molecule has 2 aromatic carbocycles. The second kappa shape index (κ2) is 7.29. The van der Waals surface area contributed by atoms with Crippen molar-refractivity contribution in [1.82, 2.24) is 9.97 Å². The van der Waals surface area contributed by atoms with Gasteiger partial charge in [0, 0.05) is 23.2 Å². The van der Waals surface area contributed by atoms with Crippen molar-refractivity contribution in [2.24, 2.45) is 0 Å². The molecule has 1 aliphatic carbocycles. The largest absolute Gasteiger partial charge is 0.294 e. The fraction of sp³-hybridized carbons (Fsp3) is 0.143. The minimum atomic E-state index is -0.348. The van der Waals surface area contributed by atoms with Crippen molar-refractivity contribution in [3.05, 3.63) is 88.2 Å². The van der Waals surface area contributed by atoms with Crippen molar-refractivity contribution in [1.29, 1.82) is 0 Å². The molecule has 0 saturated carbocycles. The molecule has 0 aliphatic heterocycles. The monoisotopic (exact) mass is 377 g/mol. The summed E-state index contributed by atoms with van der Waals surface area (Å²) in [5.41, 5.74) is 2.72.